The van der Waals surface area contributed by atoms with E-state index >= 15 is 0 Å². The van der Waals surface area contributed by atoms with Gasteiger partial charge in [0.25, 0.3) is 0 Å². The Morgan fingerprint density at radius 2 is 1.96 bits per heavy atom. The highest BCUT2D eigenvalue weighted by Crippen LogP contribution is 2.15. The monoisotopic (exact) mass is 355 g/mol. The van der Waals surface area contributed by atoms with Gasteiger partial charge in [-0.2, -0.15) is 0 Å². The predicted octanol–water partition coefficient (Wildman–Crippen LogP) is 1.10. The topological polar surface area (TPSA) is 87.7 Å². The second kappa shape index (κ2) is 8.34. The maximum absolute atomic E-state index is 11.9. The maximum atomic E-state index is 11.9. The Hall–Kier alpha value is -1.80. The van der Waals surface area contributed by atoms with Gasteiger partial charge in [0.1, 0.15) is 12.4 Å². The summed E-state index contributed by atoms with van der Waals surface area (Å²) in [6.07, 6.45) is 2.46. The molecule has 1 saturated heterocycles. The molecule has 24 heavy (non-hydrogen) atoms. The molecule has 0 bridgehead atoms. The fraction of sp³-hybridized carbons (Fsp3) is 0.562. The summed E-state index contributed by atoms with van der Waals surface area (Å²) in [5, 5.41) is 5.63. The zero-order chi connectivity index (χ0) is 17.6. The van der Waals surface area contributed by atoms with Crippen LogP contribution in [0.2, 0.25) is 0 Å². The molecule has 0 spiro atoms. The minimum atomic E-state index is -3.14. The summed E-state index contributed by atoms with van der Waals surface area (Å²) in [7, 11) is -3.14. The molecule has 0 radical (unpaired) electrons. The van der Waals surface area contributed by atoms with E-state index in [1.807, 2.05) is 31.2 Å². The summed E-state index contributed by atoms with van der Waals surface area (Å²) in [5.41, 5.74) is 1.06. The highest BCUT2D eigenvalue weighted by Gasteiger charge is 2.25. The van der Waals surface area contributed by atoms with E-state index in [9.17, 15) is 13.2 Å². The molecule has 0 saturated carbocycles. The first kappa shape index (κ1) is 18.5. The molecule has 1 aromatic rings. The molecule has 2 amide bonds. The van der Waals surface area contributed by atoms with Gasteiger partial charge < -0.3 is 15.4 Å². The number of sulfonamides is 1. The van der Waals surface area contributed by atoms with Crippen LogP contribution in [0.3, 0.4) is 0 Å². The minimum Gasteiger partial charge on any atom is -0.491 e. The van der Waals surface area contributed by atoms with E-state index in [1.54, 1.807) is 0 Å². The normalized spacial score (nSPS) is 16.6. The number of benzene rings is 1. The Morgan fingerprint density at radius 3 is 2.58 bits per heavy atom. The van der Waals surface area contributed by atoms with Gasteiger partial charge in [-0.3, -0.25) is 0 Å². The summed E-state index contributed by atoms with van der Waals surface area (Å²) in [6, 6.07) is 7.47. The van der Waals surface area contributed by atoms with E-state index in [-0.39, 0.29) is 12.1 Å². The summed E-state index contributed by atoms with van der Waals surface area (Å²) in [5.74, 6) is 0.813. The van der Waals surface area contributed by atoms with Crippen LogP contribution in [0.5, 0.6) is 5.75 Å². The van der Waals surface area contributed by atoms with Crippen LogP contribution in [-0.2, 0) is 10.0 Å². The first-order chi connectivity index (χ1) is 11.4. The van der Waals surface area contributed by atoms with E-state index in [0.29, 0.717) is 39.1 Å². The van der Waals surface area contributed by atoms with Crippen molar-refractivity contribution in [3.63, 3.8) is 0 Å². The number of aryl methyl sites for hydroxylation is 1. The average Bonchev–Trinajstić information content (AvgIpc) is 2.53. The number of carbonyl (C=O) groups excluding carboxylic acids is 1. The van der Waals surface area contributed by atoms with Crippen molar-refractivity contribution >= 4 is 16.1 Å². The molecule has 0 unspecified atom stereocenters. The fourth-order valence-electron chi connectivity index (χ4n) is 2.61. The van der Waals surface area contributed by atoms with Crippen molar-refractivity contribution in [3.8, 4) is 5.75 Å². The number of rotatable bonds is 6. The number of para-hydroxylation sites is 1. The van der Waals surface area contributed by atoms with Crippen LogP contribution in [0, 0.1) is 6.92 Å². The standard InChI is InChI=1S/C16H25N3O4S/c1-13-5-3-4-6-15(13)23-12-9-17-16(20)18-14-7-10-19(11-8-14)24(2,21)22/h3-6,14H,7-12H2,1-2H3,(H2,17,18,20). The van der Waals surface area contributed by atoms with Crippen LogP contribution in [0.15, 0.2) is 24.3 Å². The van der Waals surface area contributed by atoms with Crippen molar-refractivity contribution < 1.29 is 17.9 Å². The molecule has 0 aromatic heterocycles. The third-order valence-corrected chi connectivity index (χ3v) is 5.30. The highest BCUT2D eigenvalue weighted by atomic mass is 32.2. The van der Waals surface area contributed by atoms with E-state index in [2.05, 4.69) is 10.6 Å². The number of hydrogen-bond donors (Lipinski definition) is 2. The van der Waals surface area contributed by atoms with Gasteiger partial charge in [-0.05, 0) is 31.4 Å². The molecule has 1 aromatic carbocycles. The van der Waals surface area contributed by atoms with Crippen molar-refractivity contribution in [1.82, 2.24) is 14.9 Å². The molecule has 2 N–H and O–H groups in total. The summed E-state index contributed by atoms with van der Waals surface area (Å²) >= 11 is 0. The summed E-state index contributed by atoms with van der Waals surface area (Å²) in [6.45, 7) is 3.66. The molecule has 1 heterocycles. The number of urea groups is 1. The number of piperidine rings is 1. The molecule has 1 fully saturated rings. The Kier molecular flexibility index (Phi) is 6.44. The zero-order valence-corrected chi connectivity index (χ0v) is 14.9. The van der Waals surface area contributed by atoms with Crippen LogP contribution < -0.4 is 15.4 Å². The number of nitrogens with one attached hydrogen (secondary N) is 2. The lowest BCUT2D eigenvalue weighted by Crippen LogP contribution is -2.49. The van der Waals surface area contributed by atoms with Crippen LogP contribution in [0.4, 0.5) is 4.79 Å². The molecule has 1 aliphatic rings. The van der Waals surface area contributed by atoms with Crippen molar-refractivity contribution in [3.05, 3.63) is 29.8 Å². The van der Waals surface area contributed by atoms with Crippen LogP contribution in [0.25, 0.3) is 0 Å². The Morgan fingerprint density at radius 1 is 1.29 bits per heavy atom. The molecule has 7 nitrogen and oxygen atoms in total. The highest BCUT2D eigenvalue weighted by molar-refractivity contribution is 7.88. The van der Waals surface area contributed by atoms with Gasteiger partial charge in [-0.25, -0.2) is 17.5 Å². The molecule has 0 aliphatic carbocycles. The van der Waals surface area contributed by atoms with Crippen molar-refractivity contribution in [2.75, 3.05) is 32.5 Å². The second-order valence-electron chi connectivity index (χ2n) is 5.95. The second-order valence-corrected chi connectivity index (χ2v) is 7.93. The minimum absolute atomic E-state index is 0.000265. The Balaban J connectivity index is 1.63. The number of carbonyl (C=O) groups is 1. The molecule has 1 aliphatic heterocycles. The first-order valence-corrected chi connectivity index (χ1v) is 9.89. The number of ether oxygens (including phenoxy) is 1. The van der Waals surface area contributed by atoms with E-state index < -0.39 is 10.0 Å². The predicted molar refractivity (Wildman–Crippen MR) is 92.6 cm³/mol. The van der Waals surface area contributed by atoms with E-state index in [0.717, 1.165) is 11.3 Å². The third-order valence-electron chi connectivity index (χ3n) is 4.00. The number of hydrogen-bond acceptors (Lipinski definition) is 4. The van der Waals surface area contributed by atoms with Gasteiger partial charge in [0.05, 0.1) is 12.8 Å². The number of amides is 2. The average molecular weight is 355 g/mol. The first-order valence-electron chi connectivity index (χ1n) is 8.04. The maximum Gasteiger partial charge on any atom is 0.315 e. The lowest BCUT2D eigenvalue weighted by molar-refractivity contribution is 0.224. The van der Waals surface area contributed by atoms with Crippen LogP contribution >= 0.6 is 0 Å². The lowest BCUT2D eigenvalue weighted by atomic mass is 10.1. The molecule has 2 rings (SSSR count). The fourth-order valence-corrected chi connectivity index (χ4v) is 3.49. The van der Waals surface area contributed by atoms with Gasteiger partial charge in [0, 0.05) is 19.1 Å². The SMILES string of the molecule is Cc1ccccc1OCCNC(=O)NC1CCN(S(C)(=O)=O)CC1. The van der Waals surface area contributed by atoms with Crippen LogP contribution in [0.1, 0.15) is 18.4 Å². The molecule has 8 heteroatoms. The van der Waals surface area contributed by atoms with Gasteiger partial charge in [-0.1, -0.05) is 18.2 Å². The van der Waals surface area contributed by atoms with Crippen molar-refractivity contribution in [2.45, 2.75) is 25.8 Å². The van der Waals surface area contributed by atoms with Crippen LogP contribution in [-0.4, -0.2) is 57.3 Å². The zero-order valence-electron chi connectivity index (χ0n) is 14.1. The Labute approximate surface area is 143 Å². The summed E-state index contributed by atoms with van der Waals surface area (Å²) in [4.78, 5) is 11.9. The van der Waals surface area contributed by atoms with E-state index in [1.165, 1.54) is 10.6 Å². The van der Waals surface area contributed by atoms with Gasteiger partial charge in [0.15, 0.2) is 0 Å². The third kappa shape index (κ3) is 5.68. The smallest absolute Gasteiger partial charge is 0.315 e. The van der Waals surface area contributed by atoms with Gasteiger partial charge in [0.2, 0.25) is 10.0 Å². The van der Waals surface area contributed by atoms with Crippen molar-refractivity contribution in [1.29, 1.82) is 0 Å². The molecule has 0 atom stereocenters. The molecular formula is C16H25N3O4S. The molecular weight excluding hydrogens is 330 g/mol. The lowest BCUT2D eigenvalue weighted by Gasteiger charge is -2.30. The van der Waals surface area contributed by atoms with Crippen molar-refractivity contribution in [2.24, 2.45) is 0 Å². The van der Waals surface area contributed by atoms with E-state index in [4.69, 9.17) is 4.74 Å². The molecule has 134 valence electrons. The quantitative estimate of drug-likeness (QED) is 0.748. The summed E-state index contributed by atoms with van der Waals surface area (Å²) < 4.78 is 29.9. The number of nitrogens with zero attached hydrogens (tertiary/aromatic N) is 1. The van der Waals surface area contributed by atoms with Gasteiger partial charge >= 0.3 is 6.03 Å². The Bertz CT molecular complexity index is 655. The van der Waals surface area contributed by atoms with Gasteiger partial charge in [-0.15, -0.1) is 0 Å². The largest absolute Gasteiger partial charge is 0.491 e.